The average molecular weight is 596 g/mol. The number of aromatic nitrogens is 2. The number of nitriles is 1. The maximum atomic E-state index is 12.7. The summed E-state index contributed by atoms with van der Waals surface area (Å²) in [6, 6.07) is 14.2. The Labute approximate surface area is 258 Å². The predicted molar refractivity (Wildman–Crippen MR) is 170 cm³/mol. The Kier molecular flexibility index (Phi) is 9.06. The molecule has 2 aromatic carbocycles. The van der Waals surface area contributed by atoms with Gasteiger partial charge < -0.3 is 20.9 Å². The second-order valence-corrected chi connectivity index (χ2v) is 11.7. The van der Waals surface area contributed by atoms with Crippen molar-refractivity contribution < 1.29 is 9.32 Å². The summed E-state index contributed by atoms with van der Waals surface area (Å²) in [5, 5.41) is 23.5. The van der Waals surface area contributed by atoms with E-state index in [1.165, 1.54) is 0 Å². The van der Waals surface area contributed by atoms with E-state index in [0.29, 0.717) is 30.8 Å². The zero-order valence-corrected chi connectivity index (χ0v) is 25.8. The first kappa shape index (κ1) is 30.8. The number of benzene rings is 2. The van der Waals surface area contributed by atoms with E-state index in [1.807, 2.05) is 25.1 Å². The Hall–Kier alpha value is -4.62. The number of fused-ring (bicyclic) bond motifs is 2. The van der Waals surface area contributed by atoms with Gasteiger partial charge in [-0.1, -0.05) is 36.5 Å². The number of aromatic amines is 1. The van der Waals surface area contributed by atoms with Gasteiger partial charge in [-0.15, -0.1) is 0 Å². The fraction of sp³-hybridized carbons (Fsp3) is 0.412. The second kappa shape index (κ2) is 12.9. The number of H-pyrrole nitrogens is 1. The molecule has 1 aliphatic carbocycles. The summed E-state index contributed by atoms with van der Waals surface area (Å²) in [7, 11) is 1.62. The molecular weight excluding hydrogens is 554 g/mol. The summed E-state index contributed by atoms with van der Waals surface area (Å²) in [4.78, 5) is 30.1. The van der Waals surface area contributed by atoms with Crippen molar-refractivity contribution in [2.45, 2.75) is 63.5 Å². The summed E-state index contributed by atoms with van der Waals surface area (Å²) in [6.07, 6.45) is 3.76. The van der Waals surface area contributed by atoms with Crippen LogP contribution in [0.15, 0.2) is 64.6 Å². The van der Waals surface area contributed by atoms with Gasteiger partial charge in [-0.25, -0.2) is 4.79 Å². The SMILES string of the molecule is C=C(NCC)c1ccc2c(c1)CCc1cc(C(=O)NC)ccc1C2(C[C@@H](C)NCC(=C)N1CCCC1C#N)c1noc(=O)[nH]1. The number of aryl methyl sites for hydroxylation is 2. The summed E-state index contributed by atoms with van der Waals surface area (Å²) in [5.74, 6) is -0.379. The van der Waals surface area contributed by atoms with Crippen molar-refractivity contribution in [3.63, 3.8) is 0 Å². The molecule has 10 nitrogen and oxygen atoms in total. The lowest BCUT2D eigenvalue weighted by Crippen LogP contribution is -2.42. The van der Waals surface area contributed by atoms with Crippen LogP contribution in [-0.2, 0) is 18.3 Å². The first-order chi connectivity index (χ1) is 21.2. The molecule has 1 fully saturated rings. The van der Waals surface area contributed by atoms with Crippen LogP contribution in [-0.4, -0.2) is 59.7 Å². The molecule has 1 amide bonds. The molecule has 3 atom stereocenters. The van der Waals surface area contributed by atoms with Gasteiger partial charge in [-0.05, 0) is 92.0 Å². The maximum absolute atomic E-state index is 12.7. The van der Waals surface area contributed by atoms with Gasteiger partial charge in [0.05, 0.1) is 11.5 Å². The quantitative estimate of drug-likeness (QED) is 0.264. The van der Waals surface area contributed by atoms with Crippen LogP contribution in [0.2, 0.25) is 0 Å². The van der Waals surface area contributed by atoms with Crippen LogP contribution in [0.25, 0.3) is 5.70 Å². The van der Waals surface area contributed by atoms with Gasteiger partial charge in [-0.3, -0.25) is 14.3 Å². The summed E-state index contributed by atoms with van der Waals surface area (Å²) in [6.45, 7) is 14.7. The van der Waals surface area contributed by atoms with E-state index in [4.69, 9.17) is 4.52 Å². The van der Waals surface area contributed by atoms with Gasteiger partial charge in [0.15, 0.2) is 5.82 Å². The van der Waals surface area contributed by atoms with Gasteiger partial charge in [0.25, 0.3) is 5.91 Å². The van der Waals surface area contributed by atoms with Crippen molar-refractivity contribution in [3.05, 3.63) is 105 Å². The largest absolute Gasteiger partial charge is 0.438 e. The zero-order valence-electron chi connectivity index (χ0n) is 25.8. The normalized spacial score (nSPS) is 19.7. The summed E-state index contributed by atoms with van der Waals surface area (Å²) in [5.41, 5.74) is 6.47. The van der Waals surface area contributed by atoms with Crippen molar-refractivity contribution in [1.82, 2.24) is 31.0 Å². The molecule has 2 heterocycles. The standard InChI is InChI=1S/C34H41N7O3/c1-6-37-23(4)24-11-13-29-25(16-24)9-10-26-17-27(31(42)36-5)12-14-30(26)34(29,32-39-33(43)44-40-32)18-21(2)38-20-22(3)41-15-7-8-28(41)19-35/h11-14,16-17,21,28,37-38H,3-4,6-10,15,18,20H2,1-2,5H3,(H,36,42)(H,39,40,43)/t21-,28?,34?/m1/s1. The van der Waals surface area contributed by atoms with Gasteiger partial charge in [0, 0.05) is 49.7 Å². The van der Waals surface area contributed by atoms with Gasteiger partial charge in [0.1, 0.15) is 6.04 Å². The molecular formula is C34H41N7O3. The molecule has 3 aromatic rings. The molecule has 4 N–H and O–H groups in total. The minimum Gasteiger partial charge on any atom is -0.385 e. The third kappa shape index (κ3) is 5.80. The first-order valence-electron chi connectivity index (χ1n) is 15.3. The van der Waals surface area contributed by atoms with Crippen molar-refractivity contribution in [3.8, 4) is 6.07 Å². The molecule has 0 radical (unpaired) electrons. The molecule has 0 saturated carbocycles. The Balaban J connectivity index is 1.62. The predicted octanol–water partition coefficient (Wildman–Crippen LogP) is 3.61. The fourth-order valence-electron chi connectivity index (χ4n) is 6.83. The first-order valence-corrected chi connectivity index (χ1v) is 15.3. The minimum atomic E-state index is -0.900. The van der Waals surface area contributed by atoms with Crippen molar-refractivity contribution in [2.24, 2.45) is 0 Å². The minimum absolute atomic E-state index is 0.0797. The number of nitrogens with one attached hydrogen (secondary N) is 4. The van der Waals surface area contributed by atoms with Crippen LogP contribution in [0, 0.1) is 11.3 Å². The lowest BCUT2D eigenvalue weighted by molar-refractivity contribution is 0.0963. The molecule has 2 aliphatic rings. The zero-order chi connectivity index (χ0) is 31.4. The van der Waals surface area contributed by atoms with Crippen LogP contribution in [0.4, 0.5) is 0 Å². The van der Waals surface area contributed by atoms with E-state index in [2.05, 4.69) is 75.3 Å². The molecule has 1 aliphatic heterocycles. The molecule has 10 heteroatoms. The molecule has 2 unspecified atom stereocenters. The summed E-state index contributed by atoms with van der Waals surface area (Å²) >= 11 is 0. The highest BCUT2D eigenvalue weighted by Crippen LogP contribution is 2.47. The van der Waals surface area contributed by atoms with E-state index in [9.17, 15) is 14.9 Å². The van der Waals surface area contributed by atoms with Gasteiger partial charge in [0.2, 0.25) is 0 Å². The number of carbonyl (C=O) groups is 1. The van der Waals surface area contributed by atoms with Gasteiger partial charge in [-0.2, -0.15) is 5.26 Å². The lowest BCUT2D eigenvalue weighted by Gasteiger charge is -2.37. The van der Waals surface area contributed by atoms with E-state index >= 15 is 0 Å². The average Bonchev–Trinajstić information content (AvgIpc) is 3.67. The van der Waals surface area contributed by atoms with E-state index in [1.54, 1.807) is 7.05 Å². The summed E-state index contributed by atoms with van der Waals surface area (Å²) < 4.78 is 5.14. The van der Waals surface area contributed by atoms with Crippen LogP contribution >= 0.6 is 0 Å². The molecule has 230 valence electrons. The number of carbonyl (C=O) groups excluding carboxylic acids is 1. The van der Waals surface area contributed by atoms with Crippen LogP contribution in [0.3, 0.4) is 0 Å². The number of amides is 1. The monoisotopic (exact) mass is 595 g/mol. The Morgan fingerprint density at radius 3 is 2.50 bits per heavy atom. The third-order valence-electron chi connectivity index (χ3n) is 8.94. The highest BCUT2D eigenvalue weighted by Gasteiger charge is 2.45. The molecule has 0 spiro atoms. The van der Waals surface area contributed by atoms with Crippen molar-refractivity contribution in [2.75, 3.05) is 26.7 Å². The van der Waals surface area contributed by atoms with E-state index < -0.39 is 11.2 Å². The number of rotatable bonds is 11. The van der Waals surface area contributed by atoms with E-state index in [0.717, 1.165) is 71.6 Å². The smallest absolute Gasteiger partial charge is 0.385 e. The number of likely N-dealkylation sites (tertiary alicyclic amines) is 1. The Morgan fingerprint density at radius 1 is 1.20 bits per heavy atom. The van der Waals surface area contributed by atoms with Crippen LogP contribution in [0.1, 0.15) is 77.1 Å². The molecule has 0 bridgehead atoms. The second-order valence-electron chi connectivity index (χ2n) is 11.7. The number of nitrogens with zero attached hydrogens (tertiary/aromatic N) is 3. The number of hydrogen-bond donors (Lipinski definition) is 4. The van der Waals surface area contributed by atoms with Crippen LogP contribution < -0.4 is 21.7 Å². The van der Waals surface area contributed by atoms with Crippen molar-refractivity contribution in [1.29, 1.82) is 5.26 Å². The highest BCUT2D eigenvalue weighted by atomic mass is 16.5. The van der Waals surface area contributed by atoms with Crippen molar-refractivity contribution >= 4 is 11.6 Å². The molecule has 5 rings (SSSR count). The maximum Gasteiger partial charge on any atom is 0.438 e. The van der Waals surface area contributed by atoms with E-state index in [-0.39, 0.29) is 18.0 Å². The number of hydrogen-bond acceptors (Lipinski definition) is 8. The lowest BCUT2D eigenvalue weighted by atomic mass is 9.67. The topological polar surface area (TPSA) is 139 Å². The Morgan fingerprint density at radius 2 is 1.89 bits per heavy atom. The Bertz CT molecular complexity index is 1670. The van der Waals surface area contributed by atoms with Gasteiger partial charge >= 0.3 is 5.76 Å². The van der Waals surface area contributed by atoms with Crippen LogP contribution in [0.5, 0.6) is 0 Å². The third-order valence-corrected chi connectivity index (χ3v) is 8.94. The molecule has 1 aromatic heterocycles. The fourth-order valence-corrected chi connectivity index (χ4v) is 6.83. The molecule has 1 saturated heterocycles. The highest BCUT2D eigenvalue weighted by molar-refractivity contribution is 5.94. The molecule has 44 heavy (non-hydrogen) atoms.